The highest BCUT2D eigenvalue weighted by atomic mass is 16.5. The van der Waals surface area contributed by atoms with E-state index in [-0.39, 0.29) is 5.91 Å². The number of amides is 1. The van der Waals surface area contributed by atoms with Crippen LogP contribution in [-0.4, -0.2) is 63.2 Å². The Labute approximate surface area is 161 Å². The van der Waals surface area contributed by atoms with Crippen molar-refractivity contribution < 1.29 is 13.9 Å². The molecule has 2 saturated heterocycles. The number of carbonyl (C=O) groups excluding carboxylic acids is 1. The second-order valence-corrected chi connectivity index (χ2v) is 7.46. The number of hydrogen-bond donors (Lipinski definition) is 2. The Bertz CT molecular complexity index is 588. The summed E-state index contributed by atoms with van der Waals surface area (Å²) in [7, 11) is 1.71. The molecule has 3 rings (SSSR count). The van der Waals surface area contributed by atoms with Crippen LogP contribution in [0.3, 0.4) is 0 Å². The zero-order chi connectivity index (χ0) is 18.9. The Morgan fingerprint density at radius 2 is 2.15 bits per heavy atom. The van der Waals surface area contributed by atoms with E-state index >= 15 is 0 Å². The number of likely N-dealkylation sites (tertiary alicyclic amines) is 1. The highest BCUT2D eigenvalue weighted by Gasteiger charge is 2.24. The molecule has 0 saturated carbocycles. The minimum Gasteiger partial charge on any atom is -0.469 e. The molecule has 27 heavy (non-hydrogen) atoms. The smallest absolute Gasteiger partial charge is 0.220 e. The molecule has 150 valence electrons. The topological polar surface area (TPSA) is 79.1 Å². The lowest BCUT2D eigenvalue weighted by molar-refractivity contribution is -0.121. The van der Waals surface area contributed by atoms with Crippen LogP contribution in [0.4, 0.5) is 0 Å². The zero-order valence-electron chi connectivity index (χ0n) is 16.3. The second-order valence-electron chi connectivity index (χ2n) is 7.46. The molecule has 2 aliphatic rings. The van der Waals surface area contributed by atoms with Crippen molar-refractivity contribution in [1.29, 1.82) is 0 Å². The maximum absolute atomic E-state index is 11.6. The van der Waals surface area contributed by atoms with E-state index in [4.69, 9.17) is 14.1 Å². The van der Waals surface area contributed by atoms with Crippen molar-refractivity contribution in [2.45, 2.75) is 32.1 Å². The van der Waals surface area contributed by atoms with E-state index in [0.29, 0.717) is 18.3 Å². The van der Waals surface area contributed by atoms with Crippen molar-refractivity contribution in [3.8, 4) is 0 Å². The van der Waals surface area contributed by atoms with Gasteiger partial charge >= 0.3 is 0 Å². The lowest BCUT2D eigenvalue weighted by atomic mass is 9.93. The summed E-state index contributed by atoms with van der Waals surface area (Å²) < 4.78 is 10.9. The lowest BCUT2D eigenvalue weighted by Gasteiger charge is -2.34. The van der Waals surface area contributed by atoms with Gasteiger partial charge in [-0.25, -0.2) is 0 Å². The fourth-order valence-corrected chi connectivity index (χ4v) is 3.68. The number of carbonyl (C=O) groups is 1. The van der Waals surface area contributed by atoms with Crippen LogP contribution in [0, 0.1) is 11.8 Å². The molecule has 0 aliphatic carbocycles. The second kappa shape index (κ2) is 10.3. The van der Waals surface area contributed by atoms with E-state index in [0.717, 1.165) is 76.8 Å². The van der Waals surface area contributed by atoms with Crippen LogP contribution in [0.25, 0.3) is 0 Å². The fraction of sp³-hybridized carbons (Fsp3) is 0.700. The molecular formula is C20H32N4O3. The summed E-state index contributed by atoms with van der Waals surface area (Å²) in [5.74, 6) is 3.09. The van der Waals surface area contributed by atoms with Crippen LogP contribution in [0.5, 0.6) is 0 Å². The molecule has 1 unspecified atom stereocenters. The molecule has 7 heteroatoms. The van der Waals surface area contributed by atoms with E-state index in [1.165, 1.54) is 0 Å². The third-order valence-corrected chi connectivity index (χ3v) is 5.42. The van der Waals surface area contributed by atoms with E-state index in [1.54, 1.807) is 13.3 Å². The number of hydrogen-bond acceptors (Lipinski definition) is 4. The molecule has 0 bridgehead atoms. The SMILES string of the molecule is CNC(=O)CC1CCN(C(=NCC2CCOC2)NCCc2ccco2)CC1. The monoisotopic (exact) mass is 376 g/mol. The van der Waals surface area contributed by atoms with Gasteiger partial charge in [0, 0.05) is 58.6 Å². The standard InChI is InChI=1S/C20H32N4O3/c1-21-19(25)13-16-5-9-24(10-6-16)20(23-14-17-7-12-26-15-17)22-8-4-18-3-2-11-27-18/h2-3,11,16-17H,4-10,12-15H2,1H3,(H,21,25)(H,22,23). The first kappa shape index (κ1) is 19.7. The van der Waals surface area contributed by atoms with Gasteiger partial charge in [-0.05, 0) is 37.3 Å². The molecule has 3 heterocycles. The molecule has 7 nitrogen and oxygen atoms in total. The molecule has 2 fully saturated rings. The van der Waals surface area contributed by atoms with Gasteiger partial charge < -0.3 is 24.7 Å². The highest BCUT2D eigenvalue weighted by Crippen LogP contribution is 2.21. The fourth-order valence-electron chi connectivity index (χ4n) is 3.68. The number of nitrogens with zero attached hydrogens (tertiary/aromatic N) is 2. The summed E-state index contributed by atoms with van der Waals surface area (Å²) in [4.78, 5) is 18.8. The number of guanidine groups is 1. The summed E-state index contributed by atoms with van der Waals surface area (Å²) in [6, 6.07) is 3.92. The molecular weight excluding hydrogens is 344 g/mol. The molecule has 0 spiro atoms. The summed E-state index contributed by atoms with van der Waals surface area (Å²) in [6.45, 7) is 5.15. The van der Waals surface area contributed by atoms with E-state index in [9.17, 15) is 4.79 Å². The third kappa shape index (κ3) is 6.27. The van der Waals surface area contributed by atoms with Gasteiger partial charge in [0.25, 0.3) is 0 Å². The average Bonchev–Trinajstić information content (AvgIpc) is 3.39. The first-order chi connectivity index (χ1) is 13.2. The first-order valence-electron chi connectivity index (χ1n) is 10.1. The number of rotatable bonds is 7. The summed E-state index contributed by atoms with van der Waals surface area (Å²) in [6.07, 6.45) is 6.32. The van der Waals surface area contributed by atoms with Crippen molar-refractivity contribution in [2.24, 2.45) is 16.8 Å². The molecule has 0 radical (unpaired) electrons. The van der Waals surface area contributed by atoms with E-state index in [2.05, 4.69) is 15.5 Å². The van der Waals surface area contributed by atoms with E-state index < -0.39 is 0 Å². The molecule has 1 amide bonds. The predicted molar refractivity (Wildman–Crippen MR) is 105 cm³/mol. The number of furan rings is 1. The van der Waals surface area contributed by atoms with Crippen molar-refractivity contribution in [3.05, 3.63) is 24.2 Å². The van der Waals surface area contributed by atoms with Crippen molar-refractivity contribution in [2.75, 3.05) is 46.4 Å². The Kier molecular flexibility index (Phi) is 7.56. The number of ether oxygens (including phenoxy) is 1. The van der Waals surface area contributed by atoms with Crippen LogP contribution in [0.2, 0.25) is 0 Å². The van der Waals surface area contributed by atoms with Crippen LogP contribution in [-0.2, 0) is 16.0 Å². The Morgan fingerprint density at radius 3 is 2.81 bits per heavy atom. The Balaban J connectivity index is 1.52. The van der Waals surface area contributed by atoms with Gasteiger partial charge in [0.1, 0.15) is 5.76 Å². The quantitative estimate of drug-likeness (QED) is 0.559. The molecule has 1 aromatic rings. The normalized spacial score (nSPS) is 21.4. The largest absolute Gasteiger partial charge is 0.469 e. The maximum atomic E-state index is 11.6. The first-order valence-corrected chi connectivity index (χ1v) is 10.1. The molecule has 2 aliphatic heterocycles. The summed E-state index contributed by atoms with van der Waals surface area (Å²) >= 11 is 0. The van der Waals surface area contributed by atoms with Gasteiger partial charge in [-0.2, -0.15) is 0 Å². The third-order valence-electron chi connectivity index (χ3n) is 5.42. The van der Waals surface area contributed by atoms with Crippen molar-refractivity contribution in [1.82, 2.24) is 15.5 Å². The van der Waals surface area contributed by atoms with Gasteiger partial charge in [0.15, 0.2) is 5.96 Å². The van der Waals surface area contributed by atoms with Gasteiger partial charge in [0.2, 0.25) is 5.91 Å². The number of aliphatic imine (C=N–C) groups is 1. The summed E-state index contributed by atoms with van der Waals surface area (Å²) in [5, 5.41) is 6.24. The Hall–Kier alpha value is -2.02. The van der Waals surface area contributed by atoms with Gasteiger partial charge in [-0.1, -0.05) is 0 Å². The van der Waals surface area contributed by atoms with E-state index in [1.807, 2.05) is 12.1 Å². The van der Waals surface area contributed by atoms with Crippen LogP contribution in [0.15, 0.2) is 27.8 Å². The van der Waals surface area contributed by atoms with Crippen molar-refractivity contribution in [3.63, 3.8) is 0 Å². The zero-order valence-corrected chi connectivity index (χ0v) is 16.3. The molecule has 2 N–H and O–H groups in total. The average molecular weight is 377 g/mol. The summed E-state index contributed by atoms with van der Waals surface area (Å²) in [5.41, 5.74) is 0. The van der Waals surface area contributed by atoms with Crippen LogP contribution in [0.1, 0.15) is 31.4 Å². The van der Waals surface area contributed by atoms with Gasteiger partial charge in [-0.15, -0.1) is 0 Å². The van der Waals surface area contributed by atoms with Crippen LogP contribution < -0.4 is 10.6 Å². The minimum absolute atomic E-state index is 0.139. The highest BCUT2D eigenvalue weighted by molar-refractivity contribution is 5.80. The number of piperidine rings is 1. The number of nitrogens with one attached hydrogen (secondary N) is 2. The minimum atomic E-state index is 0.139. The maximum Gasteiger partial charge on any atom is 0.220 e. The lowest BCUT2D eigenvalue weighted by Crippen LogP contribution is -2.46. The van der Waals surface area contributed by atoms with Gasteiger partial charge in [0.05, 0.1) is 12.9 Å². The van der Waals surface area contributed by atoms with Gasteiger partial charge in [-0.3, -0.25) is 9.79 Å². The van der Waals surface area contributed by atoms with Crippen LogP contribution >= 0.6 is 0 Å². The Morgan fingerprint density at radius 1 is 1.30 bits per heavy atom. The molecule has 1 atom stereocenters. The molecule has 0 aromatic carbocycles. The predicted octanol–water partition coefficient (Wildman–Crippen LogP) is 1.65. The molecule has 1 aromatic heterocycles. The van der Waals surface area contributed by atoms with Crippen molar-refractivity contribution >= 4 is 11.9 Å².